The summed E-state index contributed by atoms with van der Waals surface area (Å²) >= 11 is 0. The minimum Gasteiger partial charge on any atom is -0.397 e. The zero-order chi connectivity index (χ0) is 14.2. The second-order valence-corrected chi connectivity index (χ2v) is 6.08. The summed E-state index contributed by atoms with van der Waals surface area (Å²) in [7, 11) is -3.69. The average molecular weight is 280 g/mol. The van der Waals surface area contributed by atoms with Crippen molar-refractivity contribution in [1.82, 2.24) is 10.2 Å². The fraction of sp³-hybridized carbons (Fsp3) is 0.250. The predicted molar refractivity (Wildman–Crippen MR) is 74.5 cm³/mol. The first-order valence-corrected chi connectivity index (χ1v) is 7.20. The number of nitrogens with one attached hydrogen (secondary N) is 2. The number of hydrogen-bond acceptors (Lipinski definition) is 4. The highest BCUT2D eigenvalue weighted by atomic mass is 32.2. The maximum absolute atomic E-state index is 12.3. The van der Waals surface area contributed by atoms with Crippen LogP contribution in [0.25, 0.3) is 0 Å². The van der Waals surface area contributed by atoms with E-state index in [9.17, 15) is 8.42 Å². The van der Waals surface area contributed by atoms with Crippen molar-refractivity contribution in [3.63, 3.8) is 0 Å². The van der Waals surface area contributed by atoms with Crippen molar-refractivity contribution < 1.29 is 8.42 Å². The van der Waals surface area contributed by atoms with Crippen LogP contribution in [0, 0.1) is 20.8 Å². The van der Waals surface area contributed by atoms with Crippen LogP contribution in [0.5, 0.6) is 0 Å². The number of aromatic amines is 1. The number of nitrogen functional groups attached to an aromatic ring is 1. The van der Waals surface area contributed by atoms with Crippen molar-refractivity contribution in [2.45, 2.75) is 25.7 Å². The van der Waals surface area contributed by atoms with Gasteiger partial charge in [-0.15, -0.1) is 0 Å². The predicted octanol–water partition coefficient (Wildman–Crippen LogP) is 1.72. The topological polar surface area (TPSA) is 101 Å². The first-order chi connectivity index (χ1) is 8.81. The molecule has 0 saturated heterocycles. The molecule has 0 atom stereocenters. The maximum atomic E-state index is 12.3. The molecule has 0 aliphatic rings. The van der Waals surface area contributed by atoms with Crippen molar-refractivity contribution >= 4 is 21.4 Å². The number of anilines is 2. The molecule has 0 spiro atoms. The first-order valence-electron chi connectivity index (χ1n) is 5.72. The SMILES string of the molecule is Cc1ccc(N)c(NS(=O)(=O)c2c(C)n[nH]c2C)c1. The molecule has 1 aromatic carbocycles. The summed E-state index contributed by atoms with van der Waals surface area (Å²) in [5.74, 6) is 0. The van der Waals surface area contributed by atoms with E-state index < -0.39 is 10.0 Å². The molecule has 0 radical (unpaired) electrons. The Morgan fingerprint density at radius 1 is 1.26 bits per heavy atom. The second-order valence-electron chi connectivity index (χ2n) is 4.46. The third-order valence-electron chi connectivity index (χ3n) is 2.78. The van der Waals surface area contributed by atoms with E-state index in [-0.39, 0.29) is 4.90 Å². The molecule has 0 unspecified atom stereocenters. The normalized spacial score (nSPS) is 11.5. The summed E-state index contributed by atoms with van der Waals surface area (Å²) < 4.78 is 27.2. The van der Waals surface area contributed by atoms with Gasteiger partial charge in [-0.1, -0.05) is 6.07 Å². The monoisotopic (exact) mass is 280 g/mol. The number of aryl methyl sites for hydroxylation is 3. The van der Waals surface area contributed by atoms with Gasteiger partial charge < -0.3 is 5.73 Å². The van der Waals surface area contributed by atoms with Crippen LogP contribution in [0.4, 0.5) is 11.4 Å². The van der Waals surface area contributed by atoms with Crippen molar-refractivity contribution in [2.24, 2.45) is 0 Å². The summed E-state index contributed by atoms with van der Waals surface area (Å²) in [5, 5.41) is 6.54. The highest BCUT2D eigenvalue weighted by molar-refractivity contribution is 7.92. The Balaban J connectivity index is 2.45. The molecule has 7 heteroatoms. The van der Waals surface area contributed by atoms with Crippen molar-refractivity contribution in [2.75, 3.05) is 10.5 Å². The second kappa shape index (κ2) is 4.58. The van der Waals surface area contributed by atoms with Crippen LogP contribution < -0.4 is 10.5 Å². The maximum Gasteiger partial charge on any atom is 0.265 e. The number of rotatable bonds is 3. The standard InChI is InChI=1S/C12H16N4O2S/c1-7-4-5-10(13)11(6-7)16-19(17,18)12-8(2)14-15-9(12)3/h4-6,16H,13H2,1-3H3,(H,14,15). The van der Waals surface area contributed by atoms with Crippen molar-refractivity contribution in [3.8, 4) is 0 Å². The number of nitrogens with zero attached hydrogens (tertiary/aromatic N) is 1. The van der Waals surface area contributed by atoms with Crippen LogP contribution in [0.15, 0.2) is 23.1 Å². The Labute approximate surface area is 112 Å². The molecule has 19 heavy (non-hydrogen) atoms. The van der Waals surface area contributed by atoms with Gasteiger partial charge >= 0.3 is 0 Å². The Kier molecular flexibility index (Phi) is 3.23. The summed E-state index contributed by atoms with van der Waals surface area (Å²) in [6, 6.07) is 5.18. The average Bonchev–Trinajstić information content (AvgIpc) is 2.64. The zero-order valence-corrected chi connectivity index (χ0v) is 11.8. The molecule has 4 N–H and O–H groups in total. The molecule has 0 bridgehead atoms. The number of nitrogens with two attached hydrogens (primary N) is 1. The highest BCUT2D eigenvalue weighted by Crippen LogP contribution is 2.25. The van der Waals surface area contributed by atoms with Gasteiger partial charge in [-0.25, -0.2) is 8.42 Å². The first kappa shape index (κ1) is 13.4. The van der Waals surface area contributed by atoms with Crippen LogP contribution in [0.1, 0.15) is 17.0 Å². The molecule has 2 rings (SSSR count). The number of benzene rings is 1. The summed E-state index contributed by atoms with van der Waals surface area (Å²) in [5.41, 5.74) is 8.38. The van der Waals surface area contributed by atoms with Crippen LogP contribution >= 0.6 is 0 Å². The van der Waals surface area contributed by atoms with E-state index in [1.807, 2.05) is 13.0 Å². The fourth-order valence-electron chi connectivity index (χ4n) is 1.89. The van der Waals surface area contributed by atoms with E-state index in [0.29, 0.717) is 22.8 Å². The lowest BCUT2D eigenvalue weighted by atomic mass is 10.2. The molecular weight excluding hydrogens is 264 g/mol. The lowest BCUT2D eigenvalue weighted by Crippen LogP contribution is -2.15. The Hall–Kier alpha value is -2.02. The van der Waals surface area contributed by atoms with Crippen LogP contribution in [-0.4, -0.2) is 18.6 Å². The van der Waals surface area contributed by atoms with E-state index in [2.05, 4.69) is 14.9 Å². The highest BCUT2D eigenvalue weighted by Gasteiger charge is 2.22. The van der Waals surface area contributed by atoms with Crippen LogP contribution in [0.3, 0.4) is 0 Å². The van der Waals surface area contributed by atoms with Gasteiger partial charge in [0.15, 0.2) is 0 Å². The van der Waals surface area contributed by atoms with E-state index in [1.165, 1.54) is 0 Å². The molecule has 6 nitrogen and oxygen atoms in total. The smallest absolute Gasteiger partial charge is 0.265 e. The van der Waals surface area contributed by atoms with Gasteiger partial charge in [0, 0.05) is 0 Å². The summed E-state index contributed by atoms with van der Waals surface area (Å²) in [6.07, 6.45) is 0. The lowest BCUT2D eigenvalue weighted by Gasteiger charge is -2.11. The molecular formula is C12H16N4O2S. The Morgan fingerprint density at radius 3 is 2.53 bits per heavy atom. The van der Waals surface area contributed by atoms with Gasteiger partial charge in [0.25, 0.3) is 10.0 Å². The number of hydrogen-bond donors (Lipinski definition) is 3. The third kappa shape index (κ3) is 2.55. The molecule has 1 aromatic heterocycles. The van der Waals surface area contributed by atoms with E-state index in [1.54, 1.807) is 26.0 Å². The number of aromatic nitrogens is 2. The molecule has 0 amide bonds. The molecule has 1 heterocycles. The van der Waals surface area contributed by atoms with Crippen molar-refractivity contribution in [1.29, 1.82) is 0 Å². The zero-order valence-electron chi connectivity index (χ0n) is 11.0. The van der Waals surface area contributed by atoms with Gasteiger partial charge in [-0.3, -0.25) is 9.82 Å². The molecule has 0 saturated carbocycles. The van der Waals surface area contributed by atoms with E-state index >= 15 is 0 Å². The molecule has 0 aliphatic carbocycles. The largest absolute Gasteiger partial charge is 0.397 e. The molecule has 0 aliphatic heterocycles. The number of sulfonamides is 1. The van der Waals surface area contributed by atoms with E-state index in [0.717, 1.165) is 5.56 Å². The van der Waals surface area contributed by atoms with Gasteiger partial charge in [-0.05, 0) is 38.5 Å². The Morgan fingerprint density at radius 2 is 1.95 bits per heavy atom. The van der Waals surface area contributed by atoms with Gasteiger partial charge in [0.05, 0.1) is 22.8 Å². The minimum absolute atomic E-state index is 0.161. The quantitative estimate of drug-likeness (QED) is 0.745. The van der Waals surface area contributed by atoms with Gasteiger partial charge in [0.1, 0.15) is 4.90 Å². The lowest BCUT2D eigenvalue weighted by molar-refractivity contribution is 0.600. The number of H-pyrrole nitrogens is 1. The third-order valence-corrected chi connectivity index (χ3v) is 4.41. The minimum atomic E-state index is -3.69. The molecule has 2 aromatic rings. The van der Waals surface area contributed by atoms with E-state index in [4.69, 9.17) is 5.73 Å². The van der Waals surface area contributed by atoms with Crippen LogP contribution in [-0.2, 0) is 10.0 Å². The summed E-state index contributed by atoms with van der Waals surface area (Å²) in [4.78, 5) is 0.161. The molecule has 0 fully saturated rings. The summed E-state index contributed by atoms with van der Waals surface area (Å²) in [6.45, 7) is 5.16. The van der Waals surface area contributed by atoms with Crippen LogP contribution in [0.2, 0.25) is 0 Å². The Bertz CT molecular complexity index is 700. The van der Waals surface area contributed by atoms with Gasteiger partial charge in [0.2, 0.25) is 0 Å². The molecule has 102 valence electrons. The van der Waals surface area contributed by atoms with Gasteiger partial charge in [-0.2, -0.15) is 5.10 Å². The fourth-order valence-corrected chi connectivity index (χ4v) is 3.34. The van der Waals surface area contributed by atoms with Crippen molar-refractivity contribution in [3.05, 3.63) is 35.2 Å².